The normalized spacial score (nSPS) is 10.1. The summed E-state index contributed by atoms with van der Waals surface area (Å²) < 4.78 is 1.92. The van der Waals surface area contributed by atoms with E-state index in [2.05, 4.69) is 9.97 Å². The quantitative estimate of drug-likeness (QED) is 0.625. The highest BCUT2D eigenvalue weighted by Crippen LogP contribution is 2.15. The molecule has 0 aliphatic rings. The number of imidazole rings is 1. The lowest BCUT2D eigenvalue weighted by Gasteiger charge is -1.93. The highest BCUT2D eigenvalue weighted by atomic mass is 16.4. The van der Waals surface area contributed by atoms with Gasteiger partial charge in [0.2, 0.25) is 0 Å². The number of aliphatic carboxylic acids is 1. The first-order chi connectivity index (χ1) is 8.58. The highest BCUT2D eigenvalue weighted by molar-refractivity contribution is 5.77. The zero-order valence-corrected chi connectivity index (χ0v) is 9.74. The standard InChI is InChI=1S/C10H8N4.C2H4O2/c11-8-5-4-7-10(13-8)14-6-2-1-3-9(14)12-7;1-2(3)4/h1-6H,(H2,11,13);1H3,(H,3,4). The van der Waals surface area contributed by atoms with E-state index < -0.39 is 5.97 Å². The summed E-state index contributed by atoms with van der Waals surface area (Å²) in [5.41, 5.74) is 8.18. The molecule has 3 N–H and O–H groups in total. The number of aromatic nitrogens is 3. The van der Waals surface area contributed by atoms with Crippen molar-refractivity contribution in [2.45, 2.75) is 6.92 Å². The molecule has 0 unspecified atom stereocenters. The number of nitrogen functional groups attached to an aromatic ring is 1. The lowest BCUT2D eigenvalue weighted by atomic mass is 10.4. The summed E-state index contributed by atoms with van der Waals surface area (Å²) in [6, 6.07) is 9.47. The number of hydrogen-bond acceptors (Lipinski definition) is 4. The van der Waals surface area contributed by atoms with Crippen LogP contribution in [0.2, 0.25) is 0 Å². The lowest BCUT2D eigenvalue weighted by Crippen LogP contribution is -1.91. The Hall–Kier alpha value is -2.63. The third kappa shape index (κ3) is 2.37. The predicted octanol–water partition coefficient (Wildman–Crippen LogP) is 1.56. The topological polar surface area (TPSA) is 93.5 Å². The fourth-order valence-electron chi connectivity index (χ4n) is 1.55. The van der Waals surface area contributed by atoms with Crippen molar-refractivity contribution < 1.29 is 9.90 Å². The van der Waals surface area contributed by atoms with Gasteiger partial charge >= 0.3 is 0 Å². The number of hydrogen-bond donors (Lipinski definition) is 2. The van der Waals surface area contributed by atoms with Crippen LogP contribution >= 0.6 is 0 Å². The second-order valence-electron chi connectivity index (χ2n) is 3.64. The molecule has 3 aromatic heterocycles. The second-order valence-corrected chi connectivity index (χ2v) is 3.64. The first kappa shape index (κ1) is 11.8. The van der Waals surface area contributed by atoms with E-state index in [0.29, 0.717) is 5.82 Å². The molecular formula is C12H12N4O2. The second kappa shape index (κ2) is 4.70. The number of carbonyl (C=O) groups is 1. The Morgan fingerprint density at radius 1 is 1.28 bits per heavy atom. The minimum atomic E-state index is -0.833. The number of anilines is 1. The molecule has 6 heteroatoms. The molecule has 3 aromatic rings. The van der Waals surface area contributed by atoms with Crippen LogP contribution in [0.4, 0.5) is 5.82 Å². The summed E-state index contributed by atoms with van der Waals surface area (Å²) >= 11 is 0. The van der Waals surface area contributed by atoms with Gasteiger partial charge < -0.3 is 10.8 Å². The fourth-order valence-corrected chi connectivity index (χ4v) is 1.55. The molecule has 0 aliphatic carbocycles. The number of rotatable bonds is 0. The van der Waals surface area contributed by atoms with Gasteiger partial charge in [0.1, 0.15) is 17.0 Å². The zero-order valence-electron chi connectivity index (χ0n) is 9.74. The van der Waals surface area contributed by atoms with Gasteiger partial charge in [-0.25, -0.2) is 9.97 Å². The maximum atomic E-state index is 9.00. The Balaban J connectivity index is 0.000000267. The van der Waals surface area contributed by atoms with Crippen molar-refractivity contribution in [3.05, 3.63) is 36.5 Å². The summed E-state index contributed by atoms with van der Waals surface area (Å²) in [4.78, 5) is 17.6. The van der Waals surface area contributed by atoms with Crippen LogP contribution in [0, 0.1) is 0 Å². The monoisotopic (exact) mass is 244 g/mol. The summed E-state index contributed by atoms with van der Waals surface area (Å²) in [6.07, 6.45) is 1.93. The van der Waals surface area contributed by atoms with E-state index in [1.54, 1.807) is 6.07 Å². The van der Waals surface area contributed by atoms with Crippen molar-refractivity contribution in [3.63, 3.8) is 0 Å². The molecule has 0 saturated carbocycles. The van der Waals surface area contributed by atoms with Gasteiger partial charge in [0.15, 0.2) is 5.65 Å². The van der Waals surface area contributed by atoms with Gasteiger partial charge in [0, 0.05) is 13.1 Å². The largest absolute Gasteiger partial charge is 0.481 e. The van der Waals surface area contributed by atoms with Crippen molar-refractivity contribution in [2.75, 3.05) is 5.73 Å². The predicted molar refractivity (Wildman–Crippen MR) is 68.2 cm³/mol. The SMILES string of the molecule is CC(=O)O.Nc1ccc2nc3ccccn3c2n1. The lowest BCUT2D eigenvalue weighted by molar-refractivity contribution is -0.134. The Morgan fingerprint density at radius 3 is 2.72 bits per heavy atom. The number of nitrogens with two attached hydrogens (primary N) is 1. The van der Waals surface area contributed by atoms with Gasteiger partial charge in [-0.3, -0.25) is 9.20 Å². The molecule has 0 spiro atoms. The van der Waals surface area contributed by atoms with Crippen molar-refractivity contribution in [3.8, 4) is 0 Å². The average molecular weight is 244 g/mol. The molecule has 6 nitrogen and oxygen atoms in total. The molecule has 0 amide bonds. The molecule has 0 aromatic carbocycles. The maximum Gasteiger partial charge on any atom is 0.300 e. The van der Waals surface area contributed by atoms with E-state index in [1.165, 1.54) is 0 Å². The first-order valence-corrected chi connectivity index (χ1v) is 5.27. The van der Waals surface area contributed by atoms with E-state index in [-0.39, 0.29) is 0 Å². The van der Waals surface area contributed by atoms with Gasteiger partial charge in [-0.15, -0.1) is 0 Å². The molecule has 0 aliphatic heterocycles. The van der Waals surface area contributed by atoms with Crippen LogP contribution in [0.25, 0.3) is 16.8 Å². The maximum absolute atomic E-state index is 9.00. The Morgan fingerprint density at radius 2 is 2.00 bits per heavy atom. The third-order valence-corrected chi connectivity index (χ3v) is 2.18. The van der Waals surface area contributed by atoms with Gasteiger partial charge in [-0.1, -0.05) is 6.07 Å². The molecule has 3 rings (SSSR count). The van der Waals surface area contributed by atoms with Gasteiger partial charge in [-0.2, -0.15) is 0 Å². The fraction of sp³-hybridized carbons (Fsp3) is 0.0833. The van der Waals surface area contributed by atoms with E-state index in [9.17, 15) is 0 Å². The Bertz CT molecular complexity index is 701. The van der Waals surface area contributed by atoms with Crippen molar-refractivity contribution in [1.29, 1.82) is 0 Å². The minimum absolute atomic E-state index is 0.517. The van der Waals surface area contributed by atoms with Crippen LogP contribution in [0.15, 0.2) is 36.5 Å². The van der Waals surface area contributed by atoms with Crippen LogP contribution in [0.5, 0.6) is 0 Å². The minimum Gasteiger partial charge on any atom is -0.481 e. The molecule has 0 fully saturated rings. The van der Waals surface area contributed by atoms with Gasteiger partial charge in [0.05, 0.1) is 0 Å². The summed E-state index contributed by atoms with van der Waals surface area (Å²) in [5, 5.41) is 7.42. The summed E-state index contributed by atoms with van der Waals surface area (Å²) in [7, 11) is 0. The smallest absolute Gasteiger partial charge is 0.300 e. The average Bonchev–Trinajstić information content (AvgIpc) is 2.66. The molecule has 92 valence electrons. The van der Waals surface area contributed by atoms with E-state index >= 15 is 0 Å². The number of nitrogens with zero attached hydrogens (tertiary/aromatic N) is 3. The van der Waals surface area contributed by atoms with E-state index in [0.717, 1.165) is 23.7 Å². The van der Waals surface area contributed by atoms with Gasteiger partial charge in [0.25, 0.3) is 5.97 Å². The number of carboxylic acids is 1. The molecule has 3 heterocycles. The van der Waals surface area contributed by atoms with E-state index in [4.69, 9.17) is 15.6 Å². The van der Waals surface area contributed by atoms with Crippen molar-refractivity contribution >= 4 is 28.6 Å². The molecule has 0 saturated heterocycles. The summed E-state index contributed by atoms with van der Waals surface area (Å²) in [5.74, 6) is -0.317. The number of fused-ring (bicyclic) bond motifs is 3. The third-order valence-electron chi connectivity index (χ3n) is 2.18. The molecular weight excluding hydrogens is 232 g/mol. The van der Waals surface area contributed by atoms with Crippen molar-refractivity contribution in [2.24, 2.45) is 0 Å². The van der Waals surface area contributed by atoms with Gasteiger partial charge in [-0.05, 0) is 24.3 Å². The Kier molecular flexibility index (Phi) is 3.09. The first-order valence-electron chi connectivity index (χ1n) is 5.27. The van der Waals surface area contributed by atoms with Crippen LogP contribution in [0.3, 0.4) is 0 Å². The number of pyridine rings is 2. The summed E-state index contributed by atoms with van der Waals surface area (Å²) in [6.45, 7) is 1.08. The van der Waals surface area contributed by atoms with Crippen molar-refractivity contribution in [1.82, 2.24) is 14.4 Å². The molecule has 0 bridgehead atoms. The van der Waals surface area contributed by atoms with Crippen LogP contribution in [-0.4, -0.2) is 25.4 Å². The molecule has 18 heavy (non-hydrogen) atoms. The number of carboxylic acid groups (broad SMARTS) is 1. The zero-order chi connectivity index (χ0) is 13.1. The highest BCUT2D eigenvalue weighted by Gasteiger charge is 2.03. The van der Waals surface area contributed by atoms with E-state index in [1.807, 2.05) is 34.9 Å². The Labute approximate surface area is 103 Å². The van der Waals surface area contributed by atoms with Crippen LogP contribution < -0.4 is 5.73 Å². The van der Waals surface area contributed by atoms with Crippen LogP contribution in [0.1, 0.15) is 6.92 Å². The molecule has 0 atom stereocenters. The van der Waals surface area contributed by atoms with Crippen LogP contribution in [-0.2, 0) is 4.79 Å². The molecule has 0 radical (unpaired) electrons.